The van der Waals surface area contributed by atoms with E-state index in [2.05, 4.69) is 290 Å². The topological polar surface area (TPSA) is 4.93 Å². The molecule has 77 heavy (non-hydrogen) atoms. The maximum Gasteiger partial charge on any atom is 0.0535 e. The molecule has 360 valence electrons. The van der Waals surface area contributed by atoms with Gasteiger partial charge in [-0.05, 0) is 150 Å². The molecule has 1 nitrogen and oxygen atoms in total. The van der Waals surface area contributed by atoms with Gasteiger partial charge >= 0.3 is 0 Å². The average molecular weight is 1010 g/mol. The van der Waals surface area contributed by atoms with E-state index >= 15 is 0 Å². The molecule has 3 aromatic heterocycles. The molecule has 3 heteroatoms. The van der Waals surface area contributed by atoms with E-state index < -0.39 is 0 Å². The van der Waals surface area contributed by atoms with Crippen LogP contribution in [0.3, 0.4) is 0 Å². The van der Waals surface area contributed by atoms with Gasteiger partial charge in [0.25, 0.3) is 0 Å². The summed E-state index contributed by atoms with van der Waals surface area (Å²) >= 11 is 3.73. The van der Waals surface area contributed by atoms with Crippen molar-refractivity contribution in [2.24, 2.45) is 0 Å². The van der Waals surface area contributed by atoms with Gasteiger partial charge in [-0.1, -0.05) is 212 Å². The maximum atomic E-state index is 2.43. The van der Waals surface area contributed by atoms with Crippen molar-refractivity contribution in [1.82, 2.24) is 4.57 Å². The molecule has 0 aliphatic carbocycles. The van der Waals surface area contributed by atoms with Crippen LogP contribution in [0.15, 0.2) is 285 Å². The summed E-state index contributed by atoms with van der Waals surface area (Å²) in [4.78, 5) is 0. The van der Waals surface area contributed by atoms with Crippen LogP contribution in [0, 0.1) is 0 Å². The Morgan fingerprint density at radius 1 is 0.208 bits per heavy atom. The SMILES string of the molecule is c1ccc(-c2ccc(-c3ccc(-c4ccc5c(c4)c(-c4ccc(-c6ccc(-c7ccccc7)cc6)cc4)cn5-c4cc(-c5ccc6sc7ccccc7c6c5)cc(-c5ccc6sc7ccccc7c6c5)c4)cc3)cc2)cc1. The molecule has 0 saturated carbocycles. The van der Waals surface area contributed by atoms with Crippen LogP contribution in [-0.2, 0) is 0 Å². The highest BCUT2D eigenvalue weighted by atomic mass is 32.1. The number of hydrogen-bond donors (Lipinski definition) is 0. The minimum Gasteiger partial charge on any atom is -0.316 e. The standard InChI is InChI=1S/C74H47NS2/c1-3-11-48(12-4-1)50-19-23-52(24-20-50)54-27-29-56(30-28-54)58-35-38-70-66(44-58)69(57-33-31-55(32-34-57)53-25-21-51(22-26-53)49-13-5-2-6-14-49)47-75(70)63-42-61(59-36-39-73-67(45-59)64-15-7-9-17-71(64)76-73)41-62(43-63)60-37-40-74-68(46-60)65-16-8-10-18-72(65)77-74/h1-47H. The summed E-state index contributed by atoms with van der Waals surface area (Å²) in [7, 11) is 0. The predicted molar refractivity (Wildman–Crippen MR) is 333 cm³/mol. The Morgan fingerprint density at radius 3 is 0.987 bits per heavy atom. The molecule has 15 rings (SSSR count). The number of aromatic nitrogens is 1. The summed E-state index contributed by atoms with van der Waals surface area (Å²) < 4.78 is 7.67. The molecule has 0 aliphatic rings. The van der Waals surface area contributed by atoms with Gasteiger partial charge in [-0.25, -0.2) is 0 Å². The molecule has 0 amide bonds. The smallest absolute Gasteiger partial charge is 0.0535 e. The van der Waals surface area contributed by atoms with E-state index in [4.69, 9.17) is 0 Å². The number of fused-ring (bicyclic) bond motifs is 7. The van der Waals surface area contributed by atoms with Crippen LogP contribution in [0.1, 0.15) is 0 Å². The Labute approximate surface area is 455 Å². The quantitative estimate of drug-likeness (QED) is 0.136. The molecule has 0 unspecified atom stereocenters. The number of benzene rings is 12. The van der Waals surface area contributed by atoms with E-state index in [0.29, 0.717) is 0 Å². The third-order valence-corrected chi connectivity index (χ3v) is 17.8. The van der Waals surface area contributed by atoms with Gasteiger partial charge in [-0.3, -0.25) is 0 Å². The average Bonchev–Trinajstić information content (AvgIpc) is 4.25. The van der Waals surface area contributed by atoms with E-state index in [1.165, 1.54) is 135 Å². The summed E-state index contributed by atoms with van der Waals surface area (Å²) in [6.45, 7) is 0. The number of rotatable bonds is 9. The third-order valence-electron chi connectivity index (χ3n) is 15.5. The van der Waals surface area contributed by atoms with Gasteiger partial charge in [0, 0.05) is 63.2 Å². The molecule has 0 spiro atoms. The minimum absolute atomic E-state index is 1.12. The summed E-state index contributed by atoms with van der Waals surface area (Å²) in [5.41, 5.74) is 21.4. The molecule has 12 aromatic carbocycles. The molecule has 0 bridgehead atoms. The Hall–Kier alpha value is -9.38. The zero-order chi connectivity index (χ0) is 50.8. The molecule has 0 fully saturated rings. The fourth-order valence-electron chi connectivity index (χ4n) is 11.4. The lowest BCUT2D eigenvalue weighted by molar-refractivity contribution is 1.13. The number of thiophene rings is 2. The van der Waals surface area contributed by atoms with Crippen molar-refractivity contribution in [3.05, 3.63) is 285 Å². The van der Waals surface area contributed by atoms with Crippen molar-refractivity contribution in [3.63, 3.8) is 0 Å². The second kappa shape index (κ2) is 18.8. The molecule has 3 heterocycles. The molecular weight excluding hydrogens is 967 g/mol. The van der Waals surface area contributed by atoms with Crippen molar-refractivity contribution in [2.75, 3.05) is 0 Å². The third kappa shape index (κ3) is 8.25. The van der Waals surface area contributed by atoms with Gasteiger partial charge in [-0.15, -0.1) is 22.7 Å². The molecule has 0 atom stereocenters. The summed E-state index contributed by atoms with van der Waals surface area (Å²) in [6.07, 6.45) is 2.37. The zero-order valence-corrected chi connectivity index (χ0v) is 43.5. The normalized spacial score (nSPS) is 11.6. The minimum atomic E-state index is 1.12. The van der Waals surface area contributed by atoms with Crippen LogP contribution in [0.4, 0.5) is 0 Å². The maximum absolute atomic E-state index is 2.43. The van der Waals surface area contributed by atoms with Gasteiger partial charge in [0.1, 0.15) is 0 Å². The van der Waals surface area contributed by atoms with Crippen molar-refractivity contribution >= 4 is 73.9 Å². The lowest BCUT2D eigenvalue weighted by Crippen LogP contribution is -1.94. The van der Waals surface area contributed by atoms with Crippen molar-refractivity contribution < 1.29 is 0 Å². The van der Waals surface area contributed by atoms with E-state index in [0.717, 1.165) is 11.2 Å². The summed E-state index contributed by atoms with van der Waals surface area (Å²) in [5, 5.41) is 6.41. The van der Waals surface area contributed by atoms with Crippen molar-refractivity contribution in [2.45, 2.75) is 0 Å². The summed E-state index contributed by atoms with van der Waals surface area (Å²) in [5.74, 6) is 0. The van der Waals surface area contributed by atoms with Crippen LogP contribution in [0.5, 0.6) is 0 Å². The second-order valence-corrected chi connectivity index (χ2v) is 22.2. The molecule has 0 radical (unpaired) electrons. The van der Waals surface area contributed by atoms with Gasteiger partial charge in [0.2, 0.25) is 0 Å². The van der Waals surface area contributed by atoms with Crippen molar-refractivity contribution in [1.29, 1.82) is 0 Å². The predicted octanol–water partition coefficient (Wildman–Crippen LogP) is 21.7. The summed E-state index contributed by atoms with van der Waals surface area (Å²) in [6, 6.07) is 103. The molecule has 0 saturated heterocycles. The van der Waals surface area contributed by atoms with Gasteiger partial charge in [-0.2, -0.15) is 0 Å². The van der Waals surface area contributed by atoms with Crippen molar-refractivity contribution in [3.8, 4) is 94.7 Å². The largest absolute Gasteiger partial charge is 0.316 e. The van der Waals surface area contributed by atoms with E-state index in [1.54, 1.807) is 0 Å². The monoisotopic (exact) mass is 1010 g/mol. The first-order chi connectivity index (χ1) is 38.1. The Bertz CT molecular complexity index is 4540. The molecule has 15 aromatic rings. The zero-order valence-electron chi connectivity index (χ0n) is 41.9. The molecular formula is C74H47NS2. The molecule has 0 N–H and O–H groups in total. The lowest BCUT2D eigenvalue weighted by Gasteiger charge is -2.14. The fourth-order valence-corrected chi connectivity index (χ4v) is 13.6. The first-order valence-corrected chi connectivity index (χ1v) is 27.9. The van der Waals surface area contributed by atoms with Gasteiger partial charge < -0.3 is 4.57 Å². The second-order valence-electron chi connectivity index (χ2n) is 20.1. The number of nitrogens with zero attached hydrogens (tertiary/aromatic N) is 1. The van der Waals surface area contributed by atoms with Gasteiger partial charge in [0.15, 0.2) is 0 Å². The van der Waals surface area contributed by atoms with Crippen LogP contribution in [0.2, 0.25) is 0 Å². The highest BCUT2D eigenvalue weighted by Gasteiger charge is 2.18. The highest BCUT2D eigenvalue weighted by molar-refractivity contribution is 7.26. The van der Waals surface area contributed by atoms with Crippen LogP contribution in [-0.4, -0.2) is 4.57 Å². The van der Waals surface area contributed by atoms with Crippen LogP contribution < -0.4 is 0 Å². The van der Waals surface area contributed by atoms with E-state index in [1.807, 2.05) is 22.7 Å². The van der Waals surface area contributed by atoms with Gasteiger partial charge in [0.05, 0.1) is 5.52 Å². The molecule has 0 aliphatic heterocycles. The van der Waals surface area contributed by atoms with E-state index in [-0.39, 0.29) is 0 Å². The lowest BCUT2D eigenvalue weighted by atomic mass is 9.95. The highest BCUT2D eigenvalue weighted by Crippen LogP contribution is 2.43. The Balaban J connectivity index is 0.869. The van der Waals surface area contributed by atoms with Crippen LogP contribution >= 0.6 is 22.7 Å². The fraction of sp³-hybridized carbons (Fsp3) is 0. The Kier molecular flexibility index (Phi) is 11.0. The first-order valence-electron chi connectivity index (χ1n) is 26.3. The van der Waals surface area contributed by atoms with E-state index in [9.17, 15) is 0 Å². The Morgan fingerprint density at radius 2 is 0.532 bits per heavy atom. The van der Waals surface area contributed by atoms with Crippen LogP contribution in [0.25, 0.3) is 146 Å². The first kappa shape index (κ1) is 45.0. The number of hydrogen-bond acceptors (Lipinski definition) is 2.